The zero-order valence-electron chi connectivity index (χ0n) is 17.5. The van der Waals surface area contributed by atoms with E-state index in [9.17, 15) is 0 Å². The van der Waals surface area contributed by atoms with E-state index in [2.05, 4.69) is 64.8 Å². The fourth-order valence-corrected chi connectivity index (χ4v) is 4.84. The molecule has 0 radical (unpaired) electrons. The van der Waals surface area contributed by atoms with Gasteiger partial charge in [0.15, 0.2) is 0 Å². The van der Waals surface area contributed by atoms with Crippen LogP contribution in [0.15, 0.2) is 48.0 Å². The van der Waals surface area contributed by atoms with Crippen molar-refractivity contribution in [2.75, 3.05) is 26.2 Å². The van der Waals surface area contributed by atoms with Crippen LogP contribution in [0, 0.1) is 0 Å². The third-order valence-corrected chi connectivity index (χ3v) is 6.75. The molecule has 0 saturated heterocycles. The average molecular weight is 409 g/mol. The van der Waals surface area contributed by atoms with E-state index in [-0.39, 0.29) is 0 Å². The Kier molecular flexibility index (Phi) is 7.07. The standard InChI is InChI=1S/C25H32N2OS/c1-2-3-16-28-22-9-10-24-23(18-22)21(19-26-24)7-4-5-13-27-14-11-20(12-15-27)25-8-6-17-29-25/h6,8-11,17-19,26H,2-5,7,12-16H2,1H3. The smallest absolute Gasteiger partial charge is 0.120 e. The molecule has 0 atom stereocenters. The molecule has 1 aromatic carbocycles. The van der Waals surface area contributed by atoms with Crippen molar-refractivity contribution in [3.63, 3.8) is 0 Å². The normalized spacial score (nSPS) is 15.0. The molecular weight excluding hydrogens is 376 g/mol. The molecule has 1 N–H and O–H groups in total. The summed E-state index contributed by atoms with van der Waals surface area (Å²) >= 11 is 1.86. The summed E-state index contributed by atoms with van der Waals surface area (Å²) in [4.78, 5) is 7.45. The number of unbranched alkanes of at least 4 members (excludes halogenated alkanes) is 2. The number of rotatable bonds is 10. The van der Waals surface area contributed by atoms with Crippen LogP contribution in [0.5, 0.6) is 5.75 Å². The van der Waals surface area contributed by atoms with Crippen LogP contribution in [-0.4, -0.2) is 36.1 Å². The highest BCUT2D eigenvalue weighted by Crippen LogP contribution is 2.27. The van der Waals surface area contributed by atoms with Crippen molar-refractivity contribution in [3.05, 3.63) is 58.4 Å². The maximum atomic E-state index is 5.89. The van der Waals surface area contributed by atoms with Crippen molar-refractivity contribution in [1.29, 1.82) is 0 Å². The van der Waals surface area contributed by atoms with E-state index in [4.69, 9.17) is 4.74 Å². The van der Waals surface area contributed by atoms with Crippen molar-refractivity contribution >= 4 is 27.8 Å². The molecule has 29 heavy (non-hydrogen) atoms. The van der Waals surface area contributed by atoms with E-state index < -0.39 is 0 Å². The Balaban J connectivity index is 1.24. The maximum Gasteiger partial charge on any atom is 0.120 e. The quantitative estimate of drug-likeness (QED) is 0.387. The predicted octanol–water partition coefficient (Wildman–Crippen LogP) is 6.52. The van der Waals surface area contributed by atoms with Crippen molar-refractivity contribution in [2.24, 2.45) is 0 Å². The Morgan fingerprint density at radius 3 is 2.93 bits per heavy atom. The van der Waals surface area contributed by atoms with Gasteiger partial charge in [-0.3, -0.25) is 4.90 Å². The second-order valence-electron chi connectivity index (χ2n) is 7.94. The molecule has 3 aromatic rings. The highest BCUT2D eigenvalue weighted by molar-refractivity contribution is 7.11. The first-order valence-corrected chi connectivity index (χ1v) is 11.9. The highest BCUT2D eigenvalue weighted by Gasteiger charge is 2.13. The van der Waals surface area contributed by atoms with E-state index in [1.165, 1.54) is 65.7 Å². The molecule has 0 unspecified atom stereocenters. The molecule has 0 fully saturated rings. The van der Waals surface area contributed by atoms with E-state index >= 15 is 0 Å². The number of hydrogen-bond donors (Lipinski definition) is 1. The van der Waals surface area contributed by atoms with Crippen LogP contribution >= 0.6 is 11.3 Å². The Morgan fingerprint density at radius 1 is 1.17 bits per heavy atom. The Labute approximate surface area is 178 Å². The summed E-state index contributed by atoms with van der Waals surface area (Å²) in [6, 6.07) is 10.8. The molecule has 4 rings (SSSR count). The van der Waals surface area contributed by atoms with Crippen molar-refractivity contribution < 1.29 is 4.74 Å². The van der Waals surface area contributed by atoms with Crippen molar-refractivity contribution in [2.45, 2.75) is 45.4 Å². The summed E-state index contributed by atoms with van der Waals surface area (Å²) in [5.74, 6) is 0.994. The van der Waals surface area contributed by atoms with E-state index in [0.717, 1.165) is 31.7 Å². The van der Waals surface area contributed by atoms with Crippen LogP contribution in [0.25, 0.3) is 16.5 Å². The number of nitrogens with zero attached hydrogens (tertiary/aromatic N) is 1. The van der Waals surface area contributed by atoms with Crippen molar-refractivity contribution in [1.82, 2.24) is 9.88 Å². The SMILES string of the molecule is CCCCOc1ccc2[nH]cc(CCCCN3CC=C(c4cccs4)CC3)c2c1. The number of fused-ring (bicyclic) bond motifs is 1. The minimum Gasteiger partial charge on any atom is -0.494 e. The first kappa shape index (κ1) is 20.2. The molecule has 1 aliphatic rings. The Bertz CT molecular complexity index is 926. The zero-order valence-corrected chi connectivity index (χ0v) is 18.3. The molecule has 154 valence electrons. The summed E-state index contributed by atoms with van der Waals surface area (Å²) < 4.78 is 5.89. The fraction of sp³-hybridized carbons (Fsp3) is 0.440. The average Bonchev–Trinajstić information content (AvgIpc) is 3.42. The van der Waals surface area contributed by atoms with E-state index in [0.29, 0.717) is 0 Å². The van der Waals surface area contributed by atoms with Crippen LogP contribution in [0.2, 0.25) is 0 Å². The summed E-state index contributed by atoms with van der Waals surface area (Å²) in [6.45, 7) is 6.48. The third-order valence-electron chi connectivity index (χ3n) is 5.81. The molecule has 0 aliphatic carbocycles. The minimum atomic E-state index is 0.806. The minimum absolute atomic E-state index is 0.806. The number of thiophene rings is 1. The summed E-state index contributed by atoms with van der Waals surface area (Å²) in [5.41, 5.74) is 4.16. The number of ether oxygens (including phenoxy) is 1. The summed E-state index contributed by atoms with van der Waals surface area (Å²) in [5, 5.41) is 3.49. The van der Waals surface area contributed by atoms with Gasteiger partial charge in [-0.05, 0) is 79.4 Å². The molecule has 0 amide bonds. The van der Waals surface area contributed by atoms with Gasteiger partial charge in [0.1, 0.15) is 5.75 Å². The highest BCUT2D eigenvalue weighted by atomic mass is 32.1. The summed E-state index contributed by atoms with van der Waals surface area (Å²) in [6.07, 6.45) is 11.7. The lowest BCUT2D eigenvalue weighted by molar-refractivity contribution is 0.295. The monoisotopic (exact) mass is 408 g/mol. The Hall–Kier alpha value is -2.04. The molecule has 0 spiro atoms. The summed E-state index contributed by atoms with van der Waals surface area (Å²) in [7, 11) is 0. The maximum absolute atomic E-state index is 5.89. The number of aryl methyl sites for hydroxylation is 1. The second-order valence-corrected chi connectivity index (χ2v) is 8.89. The second kappa shape index (κ2) is 10.1. The molecule has 3 heterocycles. The predicted molar refractivity (Wildman–Crippen MR) is 125 cm³/mol. The van der Waals surface area contributed by atoms with Crippen LogP contribution < -0.4 is 4.74 Å². The van der Waals surface area contributed by atoms with Gasteiger partial charge in [-0.25, -0.2) is 0 Å². The van der Waals surface area contributed by atoms with E-state index in [1.54, 1.807) is 0 Å². The van der Waals surface area contributed by atoms with Gasteiger partial charge >= 0.3 is 0 Å². The fourth-order valence-electron chi connectivity index (χ4n) is 4.04. The molecule has 4 heteroatoms. The molecule has 3 nitrogen and oxygen atoms in total. The van der Waals surface area contributed by atoms with Crippen LogP contribution in [0.4, 0.5) is 0 Å². The van der Waals surface area contributed by atoms with Gasteiger partial charge in [-0.1, -0.05) is 25.5 Å². The lowest BCUT2D eigenvalue weighted by atomic mass is 10.0. The number of benzene rings is 1. The number of nitrogens with one attached hydrogen (secondary N) is 1. The lowest BCUT2D eigenvalue weighted by Crippen LogP contribution is -2.29. The first-order chi connectivity index (χ1) is 14.3. The Morgan fingerprint density at radius 2 is 2.14 bits per heavy atom. The van der Waals surface area contributed by atoms with Crippen LogP contribution in [-0.2, 0) is 6.42 Å². The van der Waals surface area contributed by atoms with Gasteiger partial charge in [-0.15, -0.1) is 11.3 Å². The number of aromatic amines is 1. The number of hydrogen-bond acceptors (Lipinski definition) is 3. The topological polar surface area (TPSA) is 28.3 Å². The van der Waals surface area contributed by atoms with Gasteiger partial charge in [0, 0.05) is 35.1 Å². The van der Waals surface area contributed by atoms with Gasteiger partial charge in [-0.2, -0.15) is 0 Å². The molecule has 1 aliphatic heterocycles. The van der Waals surface area contributed by atoms with Gasteiger partial charge in [0.2, 0.25) is 0 Å². The third kappa shape index (κ3) is 5.31. The molecular formula is C25H32N2OS. The molecule has 0 saturated carbocycles. The van der Waals surface area contributed by atoms with Gasteiger partial charge in [0.25, 0.3) is 0 Å². The van der Waals surface area contributed by atoms with Crippen LogP contribution in [0.3, 0.4) is 0 Å². The zero-order chi connectivity index (χ0) is 19.9. The van der Waals surface area contributed by atoms with Crippen molar-refractivity contribution in [3.8, 4) is 5.75 Å². The largest absolute Gasteiger partial charge is 0.494 e. The molecule has 2 aromatic heterocycles. The lowest BCUT2D eigenvalue weighted by Gasteiger charge is -2.25. The van der Waals surface area contributed by atoms with Crippen LogP contribution in [0.1, 0.15) is 49.5 Å². The van der Waals surface area contributed by atoms with Gasteiger partial charge < -0.3 is 9.72 Å². The van der Waals surface area contributed by atoms with Gasteiger partial charge in [0.05, 0.1) is 6.61 Å². The number of aromatic nitrogens is 1. The molecule has 0 bridgehead atoms. The van der Waals surface area contributed by atoms with E-state index in [1.807, 2.05) is 11.3 Å². The first-order valence-electron chi connectivity index (χ1n) is 11.0. The number of H-pyrrole nitrogens is 1.